The number of ether oxygens (including phenoxy) is 4. The Kier molecular flexibility index (Phi) is 19.1. The molecule has 154 valence electrons. The van der Waals surface area contributed by atoms with Crippen LogP contribution in [0.5, 0.6) is 0 Å². The third-order valence-corrected chi connectivity index (χ3v) is 3.13. The number of hydrogen-bond acceptors (Lipinski definition) is 7. The molecular weight excluding hydrogens is 342 g/mol. The molecular formula is C17H35N3O6. The zero-order valence-corrected chi connectivity index (χ0v) is 16.1. The van der Waals surface area contributed by atoms with Gasteiger partial charge in [0.05, 0.1) is 39.6 Å². The van der Waals surface area contributed by atoms with E-state index < -0.39 is 0 Å². The summed E-state index contributed by atoms with van der Waals surface area (Å²) in [6.07, 6.45) is 2.01. The van der Waals surface area contributed by atoms with Crippen molar-refractivity contribution in [3.63, 3.8) is 0 Å². The summed E-state index contributed by atoms with van der Waals surface area (Å²) in [7, 11) is 1.86. The highest BCUT2D eigenvalue weighted by atomic mass is 16.5. The van der Waals surface area contributed by atoms with Crippen LogP contribution in [0, 0.1) is 0 Å². The molecule has 3 N–H and O–H groups in total. The van der Waals surface area contributed by atoms with Crippen LogP contribution in [-0.4, -0.2) is 91.4 Å². The van der Waals surface area contributed by atoms with Gasteiger partial charge in [-0.25, -0.2) is 0 Å². The van der Waals surface area contributed by atoms with E-state index in [1.807, 2.05) is 7.05 Å². The lowest BCUT2D eigenvalue weighted by Crippen LogP contribution is -2.31. The largest absolute Gasteiger partial charge is 0.378 e. The first-order valence-electron chi connectivity index (χ1n) is 9.19. The van der Waals surface area contributed by atoms with Crippen molar-refractivity contribution in [2.45, 2.75) is 19.8 Å². The summed E-state index contributed by atoms with van der Waals surface area (Å²) in [5.41, 5.74) is 0. The zero-order valence-electron chi connectivity index (χ0n) is 16.1. The van der Waals surface area contributed by atoms with Crippen LogP contribution in [-0.2, 0) is 28.5 Å². The van der Waals surface area contributed by atoms with Gasteiger partial charge < -0.3 is 34.9 Å². The van der Waals surface area contributed by atoms with Crippen LogP contribution in [0.3, 0.4) is 0 Å². The molecule has 0 unspecified atom stereocenters. The molecule has 0 aromatic carbocycles. The molecule has 0 aliphatic heterocycles. The second-order valence-corrected chi connectivity index (χ2v) is 5.49. The van der Waals surface area contributed by atoms with E-state index >= 15 is 0 Å². The summed E-state index contributed by atoms with van der Waals surface area (Å²) < 4.78 is 21.0. The monoisotopic (exact) mass is 377 g/mol. The highest BCUT2D eigenvalue weighted by Gasteiger charge is 2.02. The Hall–Kier alpha value is -1.26. The molecule has 0 radical (unpaired) electrons. The van der Waals surface area contributed by atoms with Gasteiger partial charge in [-0.2, -0.15) is 0 Å². The van der Waals surface area contributed by atoms with Crippen LogP contribution in [0.2, 0.25) is 0 Å². The predicted molar refractivity (Wildman–Crippen MR) is 98.1 cm³/mol. The SMILES string of the molecule is CCCCNC(=O)COCCOCCNC(=O)COCCOCCNC. The maximum Gasteiger partial charge on any atom is 0.246 e. The minimum atomic E-state index is -0.191. The number of likely N-dealkylation sites (N-methyl/N-ethyl adjacent to an activating group) is 1. The normalized spacial score (nSPS) is 10.7. The van der Waals surface area contributed by atoms with Crippen LogP contribution < -0.4 is 16.0 Å². The minimum Gasteiger partial charge on any atom is -0.378 e. The Morgan fingerprint density at radius 1 is 0.692 bits per heavy atom. The van der Waals surface area contributed by atoms with Crippen LogP contribution in [0.25, 0.3) is 0 Å². The van der Waals surface area contributed by atoms with E-state index in [1.54, 1.807) is 0 Å². The van der Waals surface area contributed by atoms with Crippen molar-refractivity contribution in [2.24, 2.45) is 0 Å². The van der Waals surface area contributed by atoms with E-state index in [-0.39, 0.29) is 25.0 Å². The molecule has 26 heavy (non-hydrogen) atoms. The fraction of sp³-hybridized carbons (Fsp3) is 0.882. The number of rotatable bonds is 19. The fourth-order valence-electron chi connectivity index (χ4n) is 1.71. The second-order valence-electron chi connectivity index (χ2n) is 5.49. The standard InChI is InChI=1S/C17H35N3O6/c1-3-4-5-19-16(21)14-25-13-11-24-9-7-20-17(22)15-26-12-10-23-8-6-18-2/h18H,3-15H2,1-2H3,(H,19,21)(H,20,22). The van der Waals surface area contributed by atoms with Crippen molar-refractivity contribution in [1.82, 2.24) is 16.0 Å². The Bertz CT molecular complexity index is 344. The van der Waals surface area contributed by atoms with E-state index in [0.29, 0.717) is 52.7 Å². The van der Waals surface area contributed by atoms with E-state index in [2.05, 4.69) is 22.9 Å². The van der Waals surface area contributed by atoms with Gasteiger partial charge in [0.2, 0.25) is 11.8 Å². The Morgan fingerprint density at radius 3 is 1.73 bits per heavy atom. The minimum absolute atomic E-state index is 0.00560. The van der Waals surface area contributed by atoms with Crippen LogP contribution in [0.1, 0.15) is 19.8 Å². The van der Waals surface area contributed by atoms with Gasteiger partial charge in [0, 0.05) is 19.6 Å². The smallest absolute Gasteiger partial charge is 0.246 e. The topological polar surface area (TPSA) is 107 Å². The number of amides is 2. The van der Waals surface area contributed by atoms with Gasteiger partial charge in [0.15, 0.2) is 0 Å². The molecule has 0 heterocycles. The van der Waals surface area contributed by atoms with E-state index in [1.165, 1.54) is 0 Å². The Morgan fingerprint density at radius 2 is 1.19 bits per heavy atom. The lowest BCUT2D eigenvalue weighted by molar-refractivity contribution is -0.127. The van der Waals surface area contributed by atoms with Gasteiger partial charge in [-0.1, -0.05) is 13.3 Å². The number of nitrogens with one attached hydrogen (secondary N) is 3. The lowest BCUT2D eigenvalue weighted by Gasteiger charge is -2.08. The first-order chi connectivity index (χ1) is 12.7. The summed E-state index contributed by atoms with van der Waals surface area (Å²) in [6.45, 7) is 6.55. The first-order valence-corrected chi connectivity index (χ1v) is 9.19. The summed E-state index contributed by atoms with van der Waals surface area (Å²) in [4.78, 5) is 22.8. The molecule has 0 aliphatic carbocycles. The van der Waals surface area contributed by atoms with Gasteiger partial charge in [-0.3, -0.25) is 9.59 Å². The summed E-state index contributed by atoms with van der Waals surface area (Å²) in [5.74, 6) is -0.304. The van der Waals surface area contributed by atoms with Crippen molar-refractivity contribution < 1.29 is 28.5 Å². The van der Waals surface area contributed by atoms with E-state index in [4.69, 9.17) is 18.9 Å². The number of carbonyl (C=O) groups is 2. The third kappa shape index (κ3) is 19.1. The molecule has 0 aliphatic rings. The summed E-state index contributed by atoms with van der Waals surface area (Å²) in [6, 6.07) is 0. The second kappa shape index (κ2) is 20.1. The van der Waals surface area contributed by atoms with Crippen LogP contribution >= 0.6 is 0 Å². The van der Waals surface area contributed by atoms with Gasteiger partial charge in [0.25, 0.3) is 0 Å². The molecule has 0 rings (SSSR count). The van der Waals surface area contributed by atoms with Crippen molar-refractivity contribution in [1.29, 1.82) is 0 Å². The molecule has 0 saturated carbocycles. The third-order valence-electron chi connectivity index (χ3n) is 3.13. The molecule has 0 aromatic heterocycles. The maximum atomic E-state index is 11.5. The van der Waals surface area contributed by atoms with Gasteiger partial charge in [0.1, 0.15) is 13.2 Å². The van der Waals surface area contributed by atoms with E-state index in [0.717, 1.165) is 19.4 Å². The average Bonchev–Trinajstić information content (AvgIpc) is 2.63. The molecule has 0 aromatic rings. The Balaban J connectivity index is 3.24. The highest BCUT2D eigenvalue weighted by Crippen LogP contribution is 1.84. The number of carbonyl (C=O) groups excluding carboxylic acids is 2. The molecule has 0 bridgehead atoms. The van der Waals surface area contributed by atoms with Gasteiger partial charge >= 0.3 is 0 Å². The summed E-state index contributed by atoms with van der Waals surface area (Å²) in [5, 5.41) is 8.42. The first kappa shape index (κ1) is 24.7. The predicted octanol–water partition coefficient (Wildman–Crippen LogP) is -0.695. The van der Waals surface area contributed by atoms with Gasteiger partial charge in [-0.05, 0) is 13.5 Å². The maximum absolute atomic E-state index is 11.5. The zero-order chi connectivity index (χ0) is 19.3. The molecule has 2 amide bonds. The highest BCUT2D eigenvalue weighted by molar-refractivity contribution is 5.77. The van der Waals surface area contributed by atoms with Crippen molar-refractivity contribution in [3.8, 4) is 0 Å². The molecule has 9 heteroatoms. The average molecular weight is 377 g/mol. The van der Waals surface area contributed by atoms with Crippen LogP contribution in [0.15, 0.2) is 0 Å². The van der Waals surface area contributed by atoms with Crippen molar-refractivity contribution in [2.75, 3.05) is 79.5 Å². The summed E-state index contributed by atoms with van der Waals surface area (Å²) >= 11 is 0. The molecule has 0 saturated heterocycles. The lowest BCUT2D eigenvalue weighted by atomic mass is 10.3. The van der Waals surface area contributed by atoms with Crippen LogP contribution in [0.4, 0.5) is 0 Å². The quantitative estimate of drug-likeness (QED) is 0.256. The molecule has 9 nitrogen and oxygen atoms in total. The fourth-order valence-corrected chi connectivity index (χ4v) is 1.71. The van der Waals surface area contributed by atoms with E-state index in [9.17, 15) is 9.59 Å². The number of unbranched alkanes of at least 4 members (excludes halogenated alkanes) is 1. The molecule has 0 atom stereocenters. The Labute approximate surface area is 156 Å². The van der Waals surface area contributed by atoms with Gasteiger partial charge in [-0.15, -0.1) is 0 Å². The molecule has 0 spiro atoms. The molecule has 0 fully saturated rings. The van der Waals surface area contributed by atoms with Crippen molar-refractivity contribution >= 4 is 11.8 Å². The van der Waals surface area contributed by atoms with Crippen molar-refractivity contribution in [3.05, 3.63) is 0 Å². The number of hydrogen-bond donors (Lipinski definition) is 3.